The van der Waals surface area contributed by atoms with E-state index in [1.165, 1.54) is 0 Å². The van der Waals surface area contributed by atoms with E-state index in [1.807, 2.05) is 6.92 Å². The zero-order valence-electron chi connectivity index (χ0n) is 10.4. The SMILES string of the molecule is CCNCc1cnc(Oc2cc(F)ccc2F)nc1. The van der Waals surface area contributed by atoms with Crippen LogP contribution >= 0.6 is 0 Å². The van der Waals surface area contributed by atoms with Crippen LogP contribution in [0.5, 0.6) is 11.8 Å². The summed E-state index contributed by atoms with van der Waals surface area (Å²) in [6.45, 7) is 3.48. The molecule has 4 nitrogen and oxygen atoms in total. The van der Waals surface area contributed by atoms with Crippen LogP contribution < -0.4 is 10.1 Å². The molecule has 0 saturated heterocycles. The highest BCUT2D eigenvalue weighted by atomic mass is 19.1. The predicted octanol–water partition coefficient (Wildman–Crippen LogP) is 2.66. The number of aromatic nitrogens is 2. The van der Waals surface area contributed by atoms with Gasteiger partial charge in [0, 0.05) is 30.6 Å². The number of halogens is 2. The van der Waals surface area contributed by atoms with Gasteiger partial charge in [0.25, 0.3) is 0 Å². The molecule has 0 unspecified atom stereocenters. The molecular weight excluding hydrogens is 252 g/mol. The molecule has 1 aromatic carbocycles. The highest BCUT2D eigenvalue weighted by Crippen LogP contribution is 2.22. The quantitative estimate of drug-likeness (QED) is 0.902. The number of benzene rings is 1. The zero-order valence-corrected chi connectivity index (χ0v) is 10.4. The average Bonchev–Trinajstić information content (AvgIpc) is 2.42. The molecule has 0 aliphatic rings. The van der Waals surface area contributed by atoms with Gasteiger partial charge in [-0.3, -0.25) is 0 Å². The van der Waals surface area contributed by atoms with Gasteiger partial charge in [0.1, 0.15) is 5.82 Å². The minimum Gasteiger partial charge on any atom is -0.421 e. The molecule has 0 aliphatic heterocycles. The second-order valence-electron chi connectivity index (χ2n) is 3.83. The Morgan fingerprint density at radius 1 is 1.21 bits per heavy atom. The summed E-state index contributed by atoms with van der Waals surface area (Å²) in [5.74, 6) is -1.48. The lowest BCUT2D eigenvalue weighted by Crippen LogP contribution is -2.12. The minimum atomic E-state index is -0.665. The number of rotatable bonds is 5. The van der Waals surface area contributed by atoms with Crippen LogP contribution in [-0.4, -0.2) is 16.5 Å². The summed E-state index contributed by atoms with van der Waals surface area (Å²) in [5.41, 5.74) is 0.883. The summed E-state index contributed by atoms with van der Waals surface area (Å²) in [4.78, 5) is 7.87. The van der Waals surface area contributed by atoms with E-state index >= 15 is 0 Å². The molecular formula is C13H13F2N3O. The Labute approximate surface area is 109 Å². The van der Waals surface area contributed by atoms with Crippen molar-refractivity contribution in [1.82, 2.24) is 15.3 Å². The van der Waals surface area contributed by atoms with Gasteiger partial charge in [0.2, 0.25) is 0 Å². The van der Waals surface area contributed by atoms with Crippen molar-refractivity contribution in [2.75, 3.05) is 6.54 Å². The standard InChI is InChI=1S/C13H13F2N3O/c1-2-16-6-9-7-17-13(18-8-9)19-12-5-10(14)3-4-11(12)15/h3-5,7-8,16H,2,6H2,1H3. The monoisotopic (exact) mass is 265 g/mol. The normalized spacial score (nSPS) is 10.5. The second kappa shape index (κ2) is 6.19. The lowest BCUT2D eigenvalue weighted by atomic mass is 10.3. The highest BCUT2D eigenvalue weighted by Gasteiger charge is 2.08. The summed E-state index contributed by atoms with van der Waals surface area (Å²) in [5, 5.41) is 3.12. The maximum Gasteiger partial charge on any atom is 0.321 e. The molecule has 2 rings (SSSR count). The Hall–Kier alpha value is -2.08. The van der Waals surface area contributed by atoms with Gasteiger partial charge in [0.15, 0.2) is 11.6 Å². The molecule has 0 fully saturated rings. The Morgan fingerprint density at radius 3 is 2.63 bits per heavy atom. The van der Waals surface area contributed by atoms with Gasteiger partial charge in [-0.25, -0.2) is 18.7 Å². The summed E-state index contributed by atoms with van der Waals surface area (Å²) < 4.78 is 31.4. The van der Waals surface area contributed by atoms with Crippen molar-refractivity contribution in [2.24, 2.45) is 0 Å². The van der Waals surface area contributed by atoms with E-state index in [-0.39, 0.29) is 11.8 Å². The number of hydrogen-bond acceptors (Lipinski definition) is 4. The lowest BCUT2D eigenvalue weighted by molar-refractivity contribution is 0.406. The van der Waals surface area contributed by atoms with Crippen molar-refractivity contribution in [3.63, 3.8) is 0 Å². The van der Waals surface area contributed by atoms with Gasteiger partial charge in [-0.2, -0.15) is 0 Å². The molecule has 0 radical (unpaired) electrons. The molecule has 6 heteroatoms. The van der Waals surface area contributed by atoms with Crippen LogP contribution in [0.2, 0.25) is 0 Å². The largest absolute Gasteiger partial charge is 0.421 e. The Morgan fingerprint density at radius 2 is 1.95 bits per heavy atom. The molecule has 0 aliphatic carbocycles. The van der Waals surface area contributed by atoms with E-state index < -0.39 is 11.6 Å². The van der Waals surface area contributed by atoms with E-state index in [2.05, 4.69) is 15.3 Å². The summed E-state index contributed by atoms with van der Waals surface area (Å²) in [6.07, 6.45) is 3.14. The lowest BCUT2D eigenvalue weighted by Gasteiger charge is -2.06. The van der Waals surface area contributed by atoms with Crippen molar-refractivity contribution in [3.8, 4) is 11.8 Å². The van der Waals surface area contributed by atoms with E-state index in [4.69, 9.17) is 4.74 Å². The molecule has 2 aromatic rings. The molecule has 1 heterocycles. The van der Waals surface area contributed by atoms with Crippen LogP contribution in [0.3, 0.4) is 0 Å². The van der Waals surface area contributed by atoms with Gasteiger partial charge in [-0.15, -0.1) is 0 Å². The van der Waals surface area contributed by atoms with E-state index in [0.717, 1.165) is 30.3 Å². The number of hydrogen-bond donors (Lipinski definition) is 1. The van der Waals surface area contributed by atoms with Gasteiger partial charge in [-0.05, 0) is 18.7 Å². The molecule has 0 bridgehead atoms. The zero-order chi connectivity index (χ0) is 13.7. The number of ether oxygens (including phenoxy) is 1. The summed E-state index contributed by atoms with van der Waals surface area (Å²) in [6, 6.07) is 2.93. The molecule has 1 aromatic heterocycles. The third-order valence-corrected chi connectivity index (χ3v) is 2.36. The van der Waals surface area contributed by atoms with Crippen LogP contribution in [0.15, 0.2) is 30.6 Å². The van der Waals surface area contributed by atoms with Crippen LogP contribution in [0, 0.1) is 11.6 Å². The smallest absolute Gasteiger partial charge is 0.321 e. The van der Waals surface area contributed by atoms with Crippen LogP contribution in [0.25, 0.3) is 0 Å². The van der Waals surface area contributed by atoms with E-state index in [1.54, 1.807) is 12.4 Å². The maximum absolute atomic E-state index is 13.3. The molecule has 100 valence electrons. The first-order valence-electron chi connectivity index (χ1n) is 5.83. The maximum atomic E-state index is 13.3. The number of nitrogens with one attached hydrogen (secondary N) is 1. The molecule has 0 spiro atoms. The average molecular weight is 265 g/mol. The first kappa shape index (κ1) is 13.4. The fourth-order valence-electron chi connectivity index (χ4n) is 1.41. The number of nitrogens with zero attached hydrogens (tertiary/aromatic N) is 2. The molecule has 1 N–H and O–H groups in total. The molecule has 19 heavy (non-hydrogen) atoms. The van der Waals surface area contributed by atoms with Crippen molar-refractivity contribution >= 4 is 0 Å². The van der Waals surface area contributed by atoms with E-state index in [9.17, 15) is 8.78 Å². The topological polar surface area (TPSA) is 47.0 Å². The minimum absolute atomic E-state index is 0.0234. The fourth-order valence-corrected chi connectivity index (χ4v) is 1.41. The highest BCUT2D eigenvalue weighted by molar-refractivity contribution is 5.27. The fraction of sp³-hybridized carbons (Fsp3) is 0.231. The molecule has 0 atom stereocenters. The first-order valence-corrected chi connectivity index (χ1v) is 5.83. The third kappa shape index (κ3) is 3.69. The molecule has 0 amide bonds. The second-order valence-corrected chi connectivity index (χ2v) is 3.83. The van der Waals surface area contributed by atoms with E-state index in [0.29, 0.717) is 6.54 Å². The van der Waals surface area contributed by atoms with Gasteiger partial charge in [-0.1, -0.05) is 6.92 Å². The Bertz CT molecular complexity index is 546. The van der Waals surface area contributed by atoms with Crippen LogP contribution in [-0.2, 0) is 6.54 Å². The first-order chi connectivity index (χ1) is 9.19. The van der Waals surface area contributed by atoms with Gasteiger partial charge >= 0.3 is 6.01 Å². The van der Waals surface area contributed by atoms with Crippen molar-refractivity contribution in [2.45, 2.75) is 13.5 Å². The van der Waals surface area contributed by atoms with Crippen molar-refractivity contribution in [3.05, 3.63) is 47.8 Å². The van der Waals surface area contributed by atoms with Gasteiger partial charge in [0.05, 0.1) is 0 Å². The van der Waals surface area contributed by atoms with Crippen LogP contribution in [0.1, 0.15) is 12.5 Å². The van der Waals surface area contributed by atoms with Gasteiger partial charge < -0.3 is 10.1 Å². The third-order valence-electron chi connectivity index (χ3n) is 2.36. The summed E-state index contributed by atoms with van der Waals surface area (Å²) in [7, 11) is 0. The van der Waals surface area contributed by atoms with Crippen LogP contribution in [0.4, 0.5) is 8.78 Å². The summed E-state index contributed by atoms with van der Waals surface area (Å²) >= 11 is 0. The van der Waals surface area contributed by atoms with Crippen molar-refractivity contribution < 1.29 is 13.5 Å². The predicted molar refractivity (Wildman–Crippen MR) is 65.8 cm³/mol. The Balaban J connectivity index is 2.08. The Kier molecular flexibility index (Phi) is 4.35. The molecule has 0 saturated carbocycles. The van der Waals surface area contributed by atoms with Crippen molar-refractivity contribution in [1.29, 1.82) is 0 Å².